The number of methoxy groups -OCH3 is 1. The van der Waals surface area contributed by atoms with E-state index in [0.717, 1.165) is 5.56 Å². The molecule has 0 bridgehead atoms. The van der Waals surface area contributed by atoms with E-state index in [9.17, 15) is 4.79 Å². The molecule has 0 aliphatic carbocycles. The third-order valence-electron chi connectivity index (χ3n) is 3.43. The molecule has 0 aliphatic rings. The first-order valence-corrected chi connectivity index (χ1v) is 6.29. The number of Topliss-reactive ketones (excluding diaryl/α,β-unsaturated/α-hetero) is 1. The maximum absolute atomic E-state index is 12.3. The third kappa shape index (κ3) is 3.65. The number of rotatable bonds is 6. The van der Waals surface area contributed by atoms with Crippen LogP contribution in [0.3, 0.4) is 0 Å². The molecule has 0 amide bonds. The highest BCUT2D eigenvalue weighted by Crippen LogP contribution is 2.11. The normalized spacial score (nSPS) is 14.6. The molecule has 0 aliphatic heterocycles. The summed E-state index contributed by atoms with van der Waals surface area (Å²) < 4.78 is 5.12. The van der Waals surface area contributed by atoms with Crippen molar-refractivity contribution in [2.24, 2.45) is 0 Å². The average Bonchev–Trinajstić information content (AvgIpc) is 2.37. The Bertz CT molecular complexity index is 386. The molecule has 3 heteroatoms. The second-order valence-corrected chi connectivity index (χ2v) is 4.88. The lowest BCUT2D eigenvalue weighted by Crippen LogP contribution is -2.43. The number of nitrogens with zero attached hydrogens (tertiary/aromatic N) is 1. The van der Waals surface area contributed by atoms with Crippen molar-refractivity contribution in [1.82, 2.24) is 4.90 Å². The fourth-order valence-electron chi connectivity index (χ4n) is 1.88. The maximum atomic E-state index is 12.3. The van der Waals surface area contributed by atoms with Gasteiger partial charge in [-0.1, -0.05) is 29.8 Å². The molecular weight excluding hydrogens is 226 g/mol. The van der Waals surface area contributed by atoms with Crippen molar-refractivity contribution in [3.8, 4) is 0 Å². The quantitative estimate of drug-likeness (QED) is 0.726. The molecule has 0 heterocycles. The van der Waals surface area contributed by atoms with Gasteiger partial charge in [0.1, 0.15) is 0 Å². The van der Waals surface area contributed by atoms with Crippen LogP contribution >= 0.6 is 0 Å². The van der Waals surface area contributed by atoms with E-state index in [1.54, 1.807) is 7.11 Å². The van der Waals surface area contributed by atoms with Crippen LogP contribution in [0.15, 0.2) is 24.3 Å². The fourth-order valence-corrected chi connectivity index (χ4v) is 1.88. The number of benzene rings is 1. The molecule has 2 atom stereocenters. The molecule has 1 rings (SSSR count). The maximum Gasteiger partial charge on any atom is 0.179 e. The molecule has 100 valence electrons. The predicted molar refractivity (Wildman–Crippen MR) is 74.1 cm³/mol. The zero-order valence-electron chi connectivity index (χ0n) is 11.9. The van der Waals surface area contributed by atoms with Crippen LogP contribution in [0, 0.1) is 6.92 Å². The summed E-state index contributed by atoms with van der Waals surface area (Å²) in [4.78, 5) is 14.4. The van der Waals surface area contributed by atoms with E-state index in [1.165, 1.54) is 5.56 Å². The molecule has 0 aromatic heterocycles. The van der Waals surface area contributed by atoms with Gasteiger partial charge in [0.15, 0.2) is 5.78 Å². The number of hydrogen-bond acceptors (Lipinski definition) is 3. The molecule has 3 nitrogen and oxygen atoms in total. The van der Waals surface area contributed by atoms with E-state index in [4.69, 9.17) is 4.74 Å². The lowest BCUT2D eigenvalue weighted by Gasteiger charge is -2.29. The van der Waals surface area contributed by atoms with Gasteiger partial charge < -0.3 is 4.74 Å². The van der Waals surface area contributed by atoms with Crippen LogP contribution < -0.4 is 0 Å². The Kier molecular flexibility index (Phi) is 5.51. The molecule has 0 N–H and O–H groups in total. The van der Waals surface area contributed by atoms with Crippen LogP contribution in [0.5, 0.6) is 0 Å². The van der Waals surface area contributed by atoms with Crippen LogP contribution in [-0.2, 0) is 4.74 Å². The van der Waals surface area contributed by atoms with Crippen molar-refractivity contribution >= 4 is 5.78 Å². The summed E-state index contributed by atoms with van der Waals surface area (Å²) in [7, 11) is 3.64. The Morgan fingerprint density at radius 1 is 1.28 bits per heavy atom. The van der Waals surface area contributed by atoms with Gasteiger partial charge in [-0.15, -0.1) is 0 Å². The molecule has 1 aromatic carbocycles. The summed E-state index contributed by atoms with van der Waals surface area (Å²) in [6, 6.07) is 7.81. The highest BCUT2D eigenvalue weighted by atomic mass is 16.5. The van der Waals surface area contributed by atoms with E-state index in [2.05, 4.69) is 6.92 Å². The van der Waals surface area contributed by atoms with Crippen molar-refractivity contribution in [1.29, 1.82) is 0 Å². The first-order valence-electron chi connectivity index (χ1n) is 6.29. The van der Waals surface area contributed by atoms with Gasteiger partial charge in [0.25, 0.3) is 0 Å². The average molecular weight is 249 g/mol. The minimum Gasteiger partial charge on any atom is -0.383 e. The van der Waals surface area contributed by atoms with Crippen LogP contribution in [0.1, 0.15) is 29.8 Å². The number of aryl methyl sites for hydroxylation is 1. The zero-order valence-corrected chi connectivity index (χ0v) is 11.9. The number of ether oxygens (including phenoxy) is 1. The summed E-state index contributed by atoms with van der Waals surface area (Å²) in [6.45, 7) is 6.64. The fraction of sp³-hybridized carbons (Fsp3) is 0.533. The predicted octanol–water partition coefficient (Wildman–Crippen LogP) is 2.53. The standard InChI is InChI=1S/C15H23NO2/c1-11-6-8-14(9-7-11)15(17)13(3)16(4)12(2)10-18-5/h6-9,12-13H,10H2,1-5H3. The third-order valence-corrected chi connectivity index (χ3v) is 3.43. The van der Waals surface area contributed by atoms with E-state index < -0.39 is 0 Å². The van der Waals surface area contributed by atoms with E-state index >= 15 is 0 Å². The van der Waals surface area contributed by atoms with Gasteiger partial charge in [-0.25, -0.2) is 0 Å². The van der Waals surface area contributed by atoms with Crippen LogP contribution in [0.4, 0.5) is 0 Å². The molecule has 1 aromatic rings. The summed E-state index contributed by atoms with van der Waals surface area (Å²) in [5, 5.41) is 0. The Hall–Kier alpha value is -1.19. The molecular formula is C15H23NO2. The molecule has 0 spiro atoms. The molecule has 0 radical (unpaired) electrons. The highest BCUT2D eigenvalue weighted by molar-refractivity contribution is 5.99. The van der Waals surface area contributed by atoms with Crippen LogP contribution in [0.2, 0.25) is 0 Å². The van der Waals surface area contributed by atoms with Gasteiger partial charge in [-0.05, 0) is 27.8 Å². The number of carbonyl (C=O) groups excluding carboxylic acids is 1. The van der Waals surface area contributed by atoms with E-state index in [-0.39, 0.29) is 17.9 Å². The van der Waals surface area contributed by atoms with Crippen molar-refractivity contribution < 1.29 is 9.53 Å². The first kappa shape index (κ1) is 14.9. The number of ketones is 1. The van der Waals surface area contributed by atoms with E-state index in [0.29, 0.717) is 6.61 Å². The molecule has 0 saturated heterocycles. The van der Waals surface area contributed by atoms with Crippen molar-refractivity contribution in [3.63, 3.8) is 0 Å². The summed E-state index contributed by atoms with van der Waals surface area (Å²) in [6.07, 6.45) is 0. The van der Waals surface area contributed by atoms with Crippen molar-refractivity contribution in [2.45, 2.75) is 32.9 Å². The zero-order chi connectivity index (χ0) is 13.7. The van der Waals surface area contributed by atoms with Crippen LogP contribution in [0.25, 0.3) is 0 Å². The van der Waals surface area contributed by atoms with Crippen LogP contribution in [-0.4, -0.2) is 43.5 Å². The summed E-state index contributed by atoms with van der Waals surface area (Å²) >= 11 is 0. The largest absolute Gasteiger partial charge is 0.383 e. The van der Waals surface area contributed by atoms with Gasteiger partial charge >= 0.3 is 0 Å². The Balaban J connectivity index is 2.74. The monoisotopic (exact) mass is 249 g/mol. The van der Waals surface area contributed by atoms with Gasteiger partial charge in [0, 0.05) is 18.7 Å². The van der Waals surface area contributed by atoms with Gasteiger partial charge in [0.2, 0.25) is 0 Å². The SMILES string of the molecule is COCC(C)N(C)C(C)C(=O)c1ccc(C)cc1. The minimum absolute atomic E-state index is 0.141. The van der Waals surface area contributed by atoms with Gasteiger partial charge in [0.05, 0.1) is 12.6 Å². The molecule has 2 unspecified atom stereocenters. The van der Waals surface area contributed by atoms with Gasteiger partial charge in [-0.3, -0.25) is 9.69 Å². The lowest BCUT2D eigenvalue weighted by atomic mass is 10.0. The second-order valence-electron chi connectivity index (χ2n) is 4.88. The molecule has 18 heavy (non-hydrogen) atoms. The van der Waals surface area contributed by atoms with Gasteiger partial charge in [-0.2, -0.15) is 0 Å². The Morgan fingerprint density at radius 3 is 2.33 bits per heavy atom. The Morgan fingerprint density at radius 2 is 1.83 bits per heavy atom. The Labute approximate surface area is 110 Å². The second kappa shape index (κ2) is 6.66. The molecule has 0 saturated carbocycles. The number of hydrogen-bond donors (Lipinski definition) is 0. The lowest BCUT2D eigenvalue weighted by molar-refractivity contribution is 0.0693. The number of likely N-dealkylation sites (N-methyl/N-ethyl adjacent to an activating group) is 1. The van der Waals surface area contributed by atoms with Crippen molar-refractivity contribution in [2.75, 3.05) is 20.8 Å². The highest BCUT2D eigenvalue weighted by Gasteiger charge is 2.23. The topological polar surface area (TPSA) is 29.5 Å². The summed E-state index contributed by atoms with van der Waals surface area (Å²) in [5.74, 6) is 0.153. The molecule has 0 fully saturated rings. The number of carbonyl (C=O) groups is 1. The van der Waals surface area contributed by atoms with Crippen molar-refractivity contribution in [3.05, 3.63) is 35.4 Å². The smallest absolute Gasteiger partial charge is 0.179 e. The van der Waals surface area contributed by atoms with E-state index in [1.807, 2.05) is 50.1 Å². The minimum atomic E-state index is -0.141. The summed E-state index contributed by atoms with van der Waals surface area (Å²) in [5.41, 5.74) is 1.94. The first-order chi connectivity index (χ1) is 8.47.